The van der Waals surface area contributed by atoms with Gasteiger partial charge in [0.25, 0.3) is 0 Å². The number of rotatable bonds is 3. The van der Waals surface area contributed by atoms with Crippen molar-refractivity contribution >= 4 is 17.5 Å². The van der Waals surface area contributed by atoms with Crippen LogP contribution in [0.3, 0.4) is 0 Å². The van der Waals surface area contributed by atoms with E-state index < -0.39 is 6.09 Å². The summed E-state index contributed by atoms with van der Waals surface area (Å²) in [6, 6.07) is 7.87. The summed E-state index contributed by atoms with van der Waals surface area (Å²) in [7, 11) is 0. The summed E-state index contributed by atoms with van der Waals surface area (Å²) in [5, 5.41) is 11.0. The third-order valence-corrected chi connectivity index (χ3v) is 3.43. The minimum atomic E-state index is -0.940. The maximum atomic E-state index is 10.4. The number of anilines is 2. The van der Waals surface area contributed by atoms with Gasteiger partial charge in [0.05, 0.1) is 11.4 Å². The molecule has 0 bridgehead atoms. The van der Waals surface area contributed by atoms with Crippen LogP contribution in [0.1, 0.15) is 12.8 Å². The number of carbonyl (C=O) groups is 1. The van der Waals surface area contributed by atoms with Crippen LogP contribution in [-0.2, 0) is 0 Å². The molecule has 1 aliphatic rings. The standard InChI is InChI=1S/C13H19N3O2/c14-11-3-1-2-4-12(11)16-7-5-10(6-8-16)9-15-13(17)18/h1-4,10,15H,5-9,14H2,(H,17,18). The maximum absolute atomic E-state index is 10.4. The number of para-hydroxylation sites is 2. The molecule has 1 aliphatic heterocycles. The van der Waals surface area contributed by atoms with Crippen molar-refractivity contribution in [2.24, 2.45) is 5.92 Å². The van der Waals surface area contributed by atoms with E-state index in [1.165, 1.54) is 0 Å². The summed E-state index contributed by atoms with van der Waals surface area (Å²) in [4.78, 5) is 12.7. The largest absolute Gasteiger partial charge is 0.465 e. The first-order valence-corrected chi connectivity index (χ1v) is 6.23. The number of nitrogen functional groups attached to an aromatic ring is 1. The lowest BCUT2D eigenvalue weighted by atomic mass is 9.96. The average Bonchev–Trinajstić information content (AvgIpc) is 2.38. The van der Waals surface area contributed by atoms with E-state index in [0.29, 0.717) is 12.5 Å². The number of nitrogens with two attached hydrogens (primary N) is 1. The average molecular weight is 249 g/mol. The van der Waals surface area contributed by atoms with Gasteiger partial charge in [-0.15, -0.1) is 0 Å². The zero-order chi connectivity index (χ0) is 13.0. The van der Waals surface area contributed by atoms with Gasteiger partial charge in [-0.3, -0.25) is 0 Å². The SMILES string of the molecule is Nc1ccccc1N1CCC(CNC(=O)O)CC1. The predicted octanol–water partition coefficient (Wildman–Crippen LogP) is 1.75. The zero-order valence-electron chi connectivity index (χ0n) is 10.3. The molecule has 18 heavy (non-hydrogen) atoms. The molecule has 0 aliphatic carbocycles. The number of piperidine rings is 1. The van der Waals surface area contributed by atoms with Crippen molar-refractivity contribution in [1.82, 2.24) is 5.32 Å². The highest BCUT2D eigenvalue weighted by atomic mass is 16.4. The van der Waals surface area contributed by atoms with E-state index in [2.05, 4.69) is 10.2 Å². The highest BCUT2D eigenvalue weighted by Gasteiger charge is 2.20. The first-order chi connectivity index (χ1) is 8.66. The van der Waals surface area contributed by atoms with Crippen LogP contribution < -0.4 is 16.0 Å². The van der Waals surface area contributed by atoms with Crippen molar-refractivity contribution in [3.8, 4) is 0 Å². The summed E-state index contributed by atoms with van der Waals surface area (Å²) in [5.74, 6) is 0.433. The molecule has 1 aromatic carbocycles. The number of carboxylic acid groups (broad SMARTS) is 1. The molecule has 1 fully saturated rings. The fraction of sp³-hybridized carbons (Fsp3) is 0.462. The topological polar surface area (TPSA) is 78.6 Å². The first kappa shape index (κ1) is 12.5. The second kappa shape index (κ2) is 5.62. The molecule has 0 spiro atoms. The van der Waals surface area contributed by atoms with Crippen LogP contribution in [0.2, 0.25) is 0 Å². The second-order valence-electron chi connectivity index (χ2n) is 4.68. The maximum Gasteiger partial charge on any atom is 0.404 e. The summed E-state index contributed by atoms with van der Waals surface area (Å²) >= 11 is 0. The Balaban J connectivity index is 1.87. The van der Waals surface area contributed by atoms with E-state index in [1.807, 2.05) is 24.3 Å². The number of amides is 1. The quantitative estimate of drug-likeness (QED) is 0.713. The molecule has 4 N–H and O–H groups in total. The first-order valence-electron chi connectivity index (χ1n) is 6.23. The van der Waals surface area contributed by atoms with Crippen LogP contribution in [0.15, 0.2) is 24.3 Å². The Morgan fingerprint density at radius 2 is 2.06 bits per heavy atom. The number of nitrogens with zero attached hydrogens (tertiary/aromatic N) is 1. The second-order valence-corrected chi connectivity index (χ2v) is 4.68. The monoisotopic (exact) mass is 249 g/mol. The third kappa shape index (κ3) is 3.06. The van der Waals surface area contributed by atoms with Crippen LogP contribution in [0.25, 0.3) is 0 Å². The molecule has 0 saturated carbocycles. The van der Waals surface area contributed by atoms with Crippen molar-refractivity contribution in [2.45, 2.75) is 12.8 Å². The fourth-order valence-electron chi connectivity index (χ4n) is 2.39. The van der Waals surface area contributed by atoms with Crippen molar-refractivity contribution < 1.29 is 9.90 Å². The van der Waals surface area contributed by atoms with Crippen molar-refractivity contribution in [2.75, 3.05) is 30.3 Å². The Bertz CT molecular complexity index is 414. The molecule has 5 nitrogen and oxygen atoms in total. The van der Waals surface area contributed by atoms with E-state index in [9.17, 15) is 4.79 Å². The molecule has 1 saturated heterocycles. The van der Waals surface area contributed by atoms with E-state index in [4.69, 9.17) is 10.8 Å². The molecular weight excluding hydrogens is 230 g/mol. The highest BCUT2D eigenvalue weighted by Crippen LogP contribution is 2.27. The Kier molecular flexibility index (Phi) is 3.92. The smallest absolute Gasteiger partial charge is 0.404 e. The molecule has 0 atom stereocenters. The summed E-state index contributed by atoms with van der Waals surface area (Å²) in [6.45, 7) is 2.41. The van der Waals surface area contributed by atoms with E-state index >= 15 is 0 Å². The lowest BCUT2D eigenvalue weighted by Gasteiger charge is -2.34. The van der Waals surface area contributed by atoms with Gasteiger partial charge in [0.15, 0.2) is 0 Å². The van der Waals surface area contributed by atoms with Gasteiger partial charge in [0.1, 0.15) is 0 Å². The lowest BCUT2D eigenvalue weighted by molar-refractivity contribution is 0.191. The molecule has 5 heteroatoms. The van der Waals surface area contributed by atoms with Gasteiger partial charge < -0.3 is 21.1 Å². The zero-order valence-corrected chi connectivity index (χ0v) is 10.3. The van der Waals surface area contributed by atoms with Crippen LogP contribution in [0.5, 0.6) is 0 Å². The van der Waals surface area contributed by atoms with Gasteiger partial charge in [-0.1, -0.05) is 12.1 Å². The van der Waals surface area contributed by atoms with Crippen LogP contribution in [-0.4, -0.2) is 30.8 Å². The fourth-order valence-corrected chi connectivity index (χ4v) is 2.39. The summed E-state index contributed by atoms with van der Waals surface area (Å²) in [6.07, 6.45) is 1.05. The molecule has 2 rings (SSSR count). The van der Waals surface area contributed by atoms with Crippen molar-refractivity contribution in [3.63, 3.8) is 0 Å². The molecule has 1 heterocycles. The number of nitrogens with one attached hydrogen (secondary N) is 1. The lowest BCUT2D eigenvalue weighted by Crippen LogP contribution is -2.38. The minimum Gasteiger partial charge on any atom is -0.465 e. The number of hydrogen-bond donors (Lipinski definition) is 3. The van der Waals surface area contributed by atoms with Crippen LogP contribution in [0.4, 0.5) is 16.2 Å². The Hall–Kier alpha value is -1.91. The molecule has 98 valence electrons. The Morgan fingerprint density at radius 1 is 1.39 bits per heavy atom. The van der Waals surface area contributed by atoms with E-state index in [0.717, 1.165) is 37.3 Å². The number of hydrogen-bond acceptors (Lipinski definition) is 3. The number of benzene rings is 1. The van der Waals surface area contributed by atoms with Crippen molar-refractivity contribution in [1.29, 1.82) is 0 Å². The normalized spacial score (nSPS) is 16.6. The van der Waals surface area contributed by atoms with Gasteiger partial charge >= 0.3 is 6.09 Å². The summed E-state index contributed by atoms with van der Waals surface area (Å²) < 4.78 is 0. The molecule has 0 aromatic heterocycles. The van der Waals surface area contributed by atoms with Gasteiger partial charge in [-0.2, -0.15) is 0 Å². The summed E-state index contributed by atoms with van der Waals surface area (Å²) in [5.41, 5.74) is 7.84. The van der Waals surface area contributed by atoms with Gasteiger partial charge in [0.2, 0.25) is 0 Å². The molecule has 0 unspecified atom stereocenters. The molecule has 1 amide bonds. The van der Waals surface area contributed by atoms with Gasteiger partial charge in [0, 0.05) is 19.6 Å². The minimum absolute atomic E-state index is 0.433. The van der Waals surface area contributed by atoms with Crippen molar-refractivity contribution in [3.05, 3.63) is 24.3 Å². The molecule has 0 radical (unpaired) electrons. The van der Waals surface area contributed by atoms with Crippen LogP contribution >= 0.6 is 0 Å². The highest BCUT2D eigenvalue weighted by molar-refractivity contribution is 5.67. The van der Waals surface area contributed by atoms with Gasteiger partial charge in [-0.25, -0.2) is 4.79 Å². The third-order valence-electron chi connectivity index (χ3n) is 3.43. The Labute approximate surface area is 107 Å². The molecule has 1 aromatic rings. The molecular formula is C13H19N3O2. The van der Waals surface area contributed by atoms with E-state index in [1.54, 1.807) is 0 Å². The van der Waals surface area contributed by atoms with E-state index in [-0.39, 0.29) is 0 Å². The van der Waals surface area contributed by atoms with Crippen LogP contribution in [0, 0.1) is 5.92 Å². The van der Waals surface area contributed by atoms with Gasteiger partial charge in [-0.05, 0) is 30.9 Å². The predicted molar refractivity (Wildman–Crippen MR) is 71.8 cm³/mol. The Morgan fingerprint density at radius 3 is 2.67 bits per heavy atom.